The fourth-order valence-corrected chi connectivity index (χ4v) is 3.30. The minimum atomic E-state index is -1.03. The lowest BCUT2D eigenvalue weighted by atomic mass is 10.1. The van der Waals surface area contributed by atoms with E-state index in [4.69, 9.17) is 39.6 Å². The molecule has 0 radical (unpaired) electrons. The molecule has 1 saturated heterocycles. The number of fused-ring (bicyclic) bond motifs is 1. The fraction of sp³-hybridized carbons (Fsp3) is 0.0588. The average Bonchev–Trinajstić information content (AvgIpc) is 3.12. The third kappa shape index (κ3) is 2.60. The molecule has 0 saturated carbocycles. The van der Waals surface area contributed by atoms with Gasteiger partial charge in [-0.2, -0.15) is 0 Å². The molecule has 2 heterocycles. The van der Waals surface area contributed by atoms with Gasteiger partial charge < -0.3 is 0 Å². The van der Waals surface area contributed by atoms with Crippen LogP contribution in [0.1, 0.15) is 5.56 Å². The third-order valence-electron chi connectivity index (χ3n) is 3.97. The highest BCUT2D eigenvalue weighted by atomic mass is 35.5. The molecule has 2 aromatic rings. The average molecular weight is 396 g/mol. The topological polar surface area (TPSA) is 58.6 Å². The van der Waals surface area contributed by atoms with Crippen molar-refractivity contribution in [2.24, 2.45) is 0 Å². The van der Waals surface area contributed by atoms with Crippen molar-refractivity contribution in [1.82, 2.24) is 5.48 Å². The first-order valence-electron chi connectivity index (χ1n) is 7.22. The molecule has 2 amide bonds. The molecule has 1 fully saturated rings. The van der Waals surface area contributed by atoms with Crippen LogP contribution >= 0.6 is 34.8 Å². The zero-order valence-corrected chi connectivity index (χ0v) is 14.7. The van der Waals surface area contributed by atoms with E-state index in [2.05, 4.69) is 5.48 Å². The first-order valence-corrected chi connectivity index (χ1v) is 8.36. The van der Waals surface area contributed by atoms with Gasteiger partial charge in [0.05, 0.1) is 22.0 Å². The summed E-state index contributed by atoms with van der Waals surface area (Å²) in [6, 6.07) is 11.4. The lowest BCUT2D eigenvalue weighted by Crippen LogP contribution is -2.34. The predicted molar refractivity (Wildman–Crippen MR) is 95.3 cm³/mol. The standard InChI is InChI=1S/C17H9Cl3N2O3/c18-9-3-1-8(2-4-9)14-13-15(25-21-14)17(24)22(16(13)23)12-7-10(19)5-6-11(12)20/h1-7,15,21H/t15-/m0/s1. The van der Waals surface area contributed by atoms with Gasteiger partial charge in [0, 0.05) is 15.6 Å². The number of hydrogen-bond acceptors (Lipinski definition) is 4. The van der Waals surface area contributed by atoms with Crippen molar-refractivity contribution >= 4 is 58.0 Å². The quantitative estimate of drug-likeness (QED) is 0.785. The molecule has 25 heavy (non-hydrogen) atoms. The summed E-state index contributed by atoms with van der Waals surface area (Å²) >= 11 is 18.0. The van der Waals surface area contributed by atoms with E-state index in [1.807, 2.05) is 0 Å². The maximum absolute atomic E-state index is 12.9. The van der Waals surface area contributed by atoms with Crippen molar-refractivity contribution in [3.05, 3.63) is 68.7 Å². The number of anilines is 1. The Morgan fingerprint density at radius 2 is 1.64 bits per heavy atom. The van der Waals surface area contributed by atoms with Gasteiger partial charge in [-0.25, -0.2) is 4.90 Å². The highest BCUT2D eigenvalue weighted by molar-refractivity contribution is 6.40. The summed E-state index contributed by atoms with van der Waals surface area (Å²) in [5.41, 5.74) is 4.23. The van der Waals surface area contributed by atoms with Crippen molar-refractivity contribution < 1.29 is 14.4 Å². The van der Waals surface area contributed by atoms with E-state index < -0.39 is 17.9 Å². The first-order chi connectivity index (χ1) is 12.0. The number of rotatable bonds is 2. The Morgan fingerprint density at radius 1 is 0.960 bits per heavy atom. The van der Waals surface area contributed by atoms with Gasteiger partial charge in [-0.1, -0.05) is 46.9 Å². The Hall–Kier alpha value is -2.05. The first kappa shape index (κ1) is 16.4. The molecule has 2 aromatic carbocycles. The number of imide groups is 1. The van der Waals surface area contributed by atoms with Crippen LogP contribution < -0.4 is 10.4 Å². The Labute approximate surface area is 157 Å². The Balaban J connectivity index is 1.82. The highest BCUT2D eigenvalue weighted by Gasteiger charge is 2.51. The number of amides is 2. The van der Waals surface area contributed by atoms with Crippen LogP contribution in [0.4, 0.5) is 5.69 Å². The van der Waals surface area contributed by atoms with Crippen molar-refractivity contribution in [1.29, 1.82) is 0 Å². The van der Waals surface area contributed by atoms with Gasteiger partial charge in [0.2, 0.25) is 0 Å². The van der Waals surface area contributed by atoms with E-state index in [0.29, 0.717) is 21.3 Å². The molecule has 0 bridgehead atoms. The van der Waals surface area contributed by atoms with Crippen molar-refractivity contribution in [2.75, 3.05) is 4.90 Å². The van der Waals surface area contributed by atoms with Crippen molar-refractivity contribution in [3.8, 4) is 0 Å². The Kier molecular flexibility index (Phi) is 3.96. The van der Waals surface area contributed by atoms with E-state index in [1.165, 1.54) is 12.1 Å². The van der Waals surface area contributed by atoms with Gasteiger partial charge >= 0.3 is 0 Å². The van der Waals surface area contributed by atoms with Crippen LogP contribution in [0.5, 0.6) is 0 Å². The molecule has 5 nitrogen and oxygen atoms in total. The summed E-state index contributed by atoms with van der Waals surface area (Å²) in [6.07, 6.45) is -1.03. The van der Waals surface area contributed by atoms with Crippen LogP contribution in [-0.4, -0.2) is 17.9 Å². The van der Waals surface area contributed by atoms with Gasteiger partial charge in [-0.15, -0.1) is 0 Å². The van der Waals surface area contributed by atoms with E-state index >= 15 is 0 Å². The molecule has 0 unspecified atom stereocenters. The molecular weight excluding hydrogens is 387 g/mol. The summed E-state index contributed by atoms with van der Waals surface area (Å²) in [4.78, 5) is 31.9. The normalized spacial score (nSPS) is 19.5. The number of nitrogens with zero attached hydrogens (tertiary/aromatic N) is 1. The van der Waals surface area contributed by atoms with Crippen LogP contribution in [0.25, 0.3) is 5.70 Å². The van der Waals surface area contributed by atoms with E-state index in [1.54, 1.807) is 30.3 Å². The third-order valence-corrected chi connectivity index (χ3v) is 4.78. The molecule has 126 valence electrons. The maximum atomic E-state index is 12.9. The molecule has 2 aliphatic rings. The number of carbonyl (C=O) groups is 2. The predicted octanol–water partition coefficient (Wildman–Crippen LogP) is 3.83. The molecule has 8 heteroatoms. The second-order valence-corrected chi connectivity index (χ2v) is 6.75. The molecule has 1 N–H and O–H groups in total. The zero-order chi connectivity index (χ0) is 17.7. The second-order valence-electron chi connectivity index (χ2n) is 5.47. The van der Waals surface area contributed by atoms with Gasteiger partial charge in [0.25, 0.3) is 11.8 Å². The SMILES string of the molecule is O=C1C2=C(c3ccc(Cl)cc3)NO[C@@H]2C(=O)N1c1cc(Cl)ccc1Cl. The van der Waals surface area contributed by atoms with Crippen LogP contribution in [0.3, 0.4) is 0 Å². The highest BCUT2D eigenvalue weighted by Crippen LogP contribution is 2.39. The minimum Gasteiger partial charge on any atom is -0.270 e. The van der Waals surface area contributed by atoms with Crippen LogP contribution in [0, 0.1) is 0 Å². The van der Waals surface area contributed by atoms with Gasteiger partial charge in [0.1, 0.15) is 0 Å². The molecule has 0 aromatic heterocycles. The Morgan fingerprint density at radius 3 is 2.36 bits per heavy atom. The van der Waals surface area contributed by atoms with E-state index in [-0.39, 0.29) is 16.3 Å². The summed E-state index contributed by atoms with van der Waals surface area (Å²) < 4.78 is 0. The fourth-order valence-electron chi connectivity index (χ4n) is 2.81. The van der Waals surface area contributed by atoms with Crippen LogP contribution in [0.15, 0.2) is 48.0 Å². The smallest absolute Gasteiger partial charge is 0.270 e. The number of nitrogens with one attached hydrogen (secondary N) is 1. The van der Waals surface area contributed by atoms with Crippen molar-refractivity contribution in [3.63, 3.8) is 0 Å². The number of hydroxylamine groups is 1. The summed E-state index contributed by atoms with van der Waals surface area (Å²) in [7, 11) is 0. The summed E-state index contributed by atoms with van der Waals surface area (Å²) in [6.45, 7) is 0. The molecule has 2 aliphatic heterocycles. The van der Waals surface area contributed by atoms with Gasteiger partial charge in [-0.05, 0) is 30.3 Å². The largest absolute Gasteiger partial charge is 0.270 e. The molecule has 0 spiro atoms. The number of hydrogen-bond donors (Lipinski definition) is 1. The summed E-state index contributed by atoms with van der Waals surface area (Å²) in [5, 5.41) is 1.17. The van der Waals surface area contributed by atoms with Crippen LogP contribution in [-0.2, 0) is 14.4 Å². The second kappa shape index (κ2) is 6.04. The monoisotopic (exact) mass is 394 g/mol. The van der Waals surface area contributed by atoms with Crippen molar-refractivity contribution in [2.45, 2.75) is 6.10 Å². The number of carbonyl (C=O) groups excluding carboxylic acids is 2. The number of halogens is 3. The zero-order valence-electron chi connectivity index (χ0n) is 12.4. The number of benzene rings is 2. The van der Waals surface area contributed by atoms with Crippen LogP contribution in [0.2, 0.25) is 15.1 Å². The lowest BCUT2D eigenvalue weighted by Gasteiger charge is -2.17. The lowest BCUT2D eigenvalue weighted by molar-refractivity contribution is -0.127. The van der Waals surface area contributed by atoms with E-state index in [0.717, 1.165) is 4.90 Å². The van der Waals surface area contributed by atoms with Gasteiger partial charge in [-0.3, -0.25) is 19.9 Å². The molecule has 4 rings (SSSR count). The summed E-state index contributed by atoms with van der Waals surface area (Å²) in [5.74, 6) is -1.03. The minimum absolute atomic E-state index is 0.225. The molecule has 0 aliphatic carbocycles. The molecular formula is C17H9Cl3N2O3. The maximum Gasteiger partial charge on any atom is 0.270 e. The van der Waals surface area contributed by atoms with Gasteiger partial charge in [0.15, 0.2) is 6.10 Å². The Bertz CT molecular complexity index is 941. The molecule has 1 atom stereocenters. The van der Waals surface area contributed by atoms with E-state index in [9.17, 15) is 9.59 Å².